The third-order valence-corrected chi connectivity index (χ3v) is 3.44. The highest BCUT2D eigenvalue weighted by Gasteiger charge is 2.10. The van der Waals surface area contributed by atoms with Crippen LogP contribution in [0.15, 0.2) is 30.3 Å². The van der Waals surface area contributed by atoms with Crippen molar-refractivity contribution in [3.05, 3.63) is 56.4 Å². The Balaban J connectivity index is 2.25. The molecule has 1 amide bonds. The lowest BCUT2D eigenvalue weighted by molar-refractivity contribution is 0.102. The van der Waals surface area contributed by atoms with Gasteiger partial charge in [-0.1, -0.05) is 0 Å². The van der Waals surface area contributed by atoms with Crippen LogP contribution < -0.4 is 5.32 Å². The molecule has 1 N–H and O–H groups in total. The third-order valence-electron chi connectivity index (χ3n) is 2.77. The van der Waals surface area contributed by atoms with Crippen LogP contribution in [0, 0.1) is 24.3 Å². The molecule has 0 fully saturated rings. The van der Waals surface area contributed by atoms with Crippen LogP contribution in [0.4, 0.5) is 5.69 Å². The van der Waals surface area contributed by atoms with Crippen molar-refractivity contribution in [3.63, 3.8) is 0 Å². The number of hydrogen-bond donors (Lipinski definition) is 1. The highest BCUT2D eigenvalue weighted by atomic mass is 127. The highest BCUT2D eigenvalue weighted by molar-refractivity contribution is 14.1. The number of rotatable bonds is 2. The summed E-state index contributed by atoms with van der Waals surface area (Å²) in [5, 5.41) is 2.90. The number of aromatic nitrogens is 1. The fraction of sp³-hybridized carbons (Fsp3) is 0.200. The van der Waals surface area contributed by atoms with Gasteiger partial charge in [-0.25, -0.2) is 4.98 Å². The SMILES string of the molecule is Cc1cc(C)nc(C(=O)Nc2ccc(I)cc2C)c1. The molecule has 98 valence electrons. The van der Waals surface area contributed by atoms with Gasteiger partial charge in [0, 0.05) is 15.0 Å². The van der Waals surface area contributed by atoms with Crippen molar-refractivity contribution in [2.75, 3.05) is 5.32 Å². The van der Waals surface area contributed by atoms with E-state index in [1.54, 1.807) is 6.07 Å². The number of aryl methyl sites for hydroxylation is 3. The van der Waals surface area contributed by atoms with E-state index in [1.165, 1.54) is 0 Å². The first-order valence-electron chi connectivity index (χ1n) is 5.98. The minimum absolute atomic E-state index is 0.170. The van der Waals surface area contributed by atoms with Crippen LogP contribution >= 0.6 is 22.6 Å². The number of carbonyl (C=O) groups excluding carboxylic acids is 1. The van der Waals surface area contributed by atoms with E-state index in [0.29, 0.717) is 5.69 Å². The molecule has 0 atom stereocenters. The number of amides is 1. The minimum Gasteiger partial charge on any atom is -0.320 e. The molecule has 0 aliphatic heterocycles. The molecule has 0 aliphatic rings. The zero-order chi connectivity index (χ0) is 14.0. The lowest BCUT2D eigenvalue weighted by atomic mass is 10.2. The Morgan fingerprint density at radius 3 is 2.53 bits per heavy atom. The predicted octanol–water partition coefficient (Wildman–Crippen LogP) is 3.86. The van der Waals surface area contributed by atoms with E-state index < -0.39 is 0 Å². The fourth-order valence-electron chi connectivity index (χ4n) is 1.91. The first-order chi connectivity index (χ1) is 8.95. The lowest BCUT2D eigenvalue weighted by Gasteiger charge is -2.09. The van der Waals surface area contributed by atoms with Crippen LogP contribution in [0.25, 0.3) is 0 Å². The lowest BCUT2D eigenvalue weighted by Crippen LogP contribution is -2.15. The smallest absolute Gasteiger partial charge is 0.274 e. The van der Waals surface area contributed by atoms with Crippen molar-refractivity contribution < 1.29 is 4.79 Å². The summed E-state index contributed by atoms with van der Waals surface area (Å²) in [6, 6.07) is 9.66. The van der Waals surface area contributed by atoms with Crippen molar-refractivity contribution in [2.45, 2.75) is 20.8 Å². The number of nitrogens with zero attached hydrogens (tertiary/aromatic N) is 1. The van der Waals surface area contributed by atoms with Crippen LogP contribution in [-0.2, 0) is 0 Å². The number of pyridine rings is 1. The molecule has 0 spiro atoms. The van der Waals surface area contributed by atoms with Crippen molar-refractivity contribution in [1.82, 2.24) is 4.98 Å². The fourth-order valence-corrected chi connectivity index (χ4v) is 2.56. The molecule has 0 saturated carbocycles. The molecule has 19 heavy (non-hydrogen) atoms. The Kier molecular flexibility index (Phi) is 4.19. The summed E-state index contributed by atoms with van der Waals surface area (Å²) in [5.74, 6) is -0.170. The van der Waals surface area contributed by atoms with Gasteiger partial charge in [-0.3, -0.25) is 4.79 Å². The molecule has 1 aromatic carbocycles. The molecule has 3 nitrogen and oxygen atoms in total. The van der Waals surface area contributed by atoms with Crippen molar-refractivity contribution >= 4 is 34.2 Å². The maximum atomic E-state index is 12.2. The summed E-state index contributed by atoms with van der Waals surface area (Å²) in [7, 11) is 0. The standard InChI is InChI=1S/C15H15IN2O/c1-9-6-11(3)17-14(7-9)15(19)18-13-5-4-12(16)8-10(13)2/h4-8H,1-3H3,(H,18,19). The maximum Gasteiger partial charge on any atom is 0.274 e. The Morgan fingerprint density at radius 2 is 1.89 bits per heavy atom. The molecule has 2 rings (SSSR count). The minimum atomic E-state index is -0.170. The topological polar surface area (TPSA) is 42.0 Å². The summed E-state index contributed by atoms with van der Waals surface area (Å²) in [5.41, 5.74) is 4.22. The maximum absolute atomic E-state index is 12.2. The van der Waals surface area contributed by atoms with Gasteiger partial charge in [-0.05, 0) is 84.8 Å². The molecule has 4 heteroatoms. The Bertz CT molecular complexity index is 618. The second kappa shape index (κ2) is 5.69. The van der Waals surface area contributed by atoms with Gasteiger partial charge in [-0.2, -0.15) is 0 Å². The van der Waals surface area contributed by atoms with E-state index >= 15 is 0 Å². The molecular formula is C15H15IN2O. The quantitative estimate of drug-likeness (QED) is 0.821. The molecule has 0 saturated heterocycles. The summed E-state index contributed by atoms with van der Waals surface area (Å²) in [6.45, 7) is 5.83. The normalized spacial score (nSPS) is 10.3. The molecule has 1 aromatic heterocycles. The first-order valence-corrected chi connectivity index (χ1v) is 7.06. The molecule has 0 unspecified atom stereocenters. The molecular weight excluding hydrogens is 351 g/mol. The van der Waals surface area contributed by atoms with Gasteiger partial charge in [0.2, 0.25) is 0 Å². The average molecular weight is 366 g/mol. The number of halogens is 1. The van der Waals surface area contributed by atoms with E-state index in [4.69, 9.17) is 0 Å². The molecule has 0 aliphatic carbocycles. The van der Waals surface area contributed by atoms with Crippen molar-refractivity contribution in [1.29, 1.82) is 0 Å². The van der Waals surface area contributed by atoms with Crippen LogP contribution in [0.2, 0.25) is 0 Å². The van der Waals surface area contributed by atoms with Crippen LogP contribution in [0.3, 0.4) is 0 Å². The number of benzene rings is 1. The monoisotopic (exact) mass is 366 g/mol. The first kappa shape index (κ1) is 14.0. The van der Waals surface area contributed by atoms with E-state index in [0.717, 1.165) is 26.1 Å². The second-order valence-corrected chi connectivity index (χ2v) is 5.83. The van der Waals surface area contributed by atoms with E-state index in [2.05, 4.69) is 32.9 Å². The van der Waals surface area contributed by atoms with E-state index in [-0.39, 0.29) is 5.91 Å². The number of hydrogen-bond acceptors (Lipinski definition) is 2. The van der Waals surface area contributed by atoms with Gasteiger partial charge in [0.1, 0.15) is 5.69 Å². The average Bonchev–Trinajstić information content (AvgIpc) is 2.31. The Hall–Kier alpha value is -1.43. The van der Waals surface area contributed by atoms with Crippen LogP contribution in [-0.4, -0.2) is 10.9 Å². The number of anilines is 1. The second-order valence-electron chi connectivity index (χ2n) is 4.58. The predicted molar refractivity (Wildman–Crippen MR) is 85.6 cm³/mol. The summed E-state index contributed by atoms with van der Waals surface area (Å²) < 4.78 is 1.15. The third kappa shape index (κ3) is 3.53. The summed E-state index contributed by atoms with van der Waals surface area (Å²) in [4.78, 5) is 16.4. The van der Waals surface area contributed by atoms with Crippen LogP contribution in [0.1, 0.15) is 27.3 Å². The van der Waals surface area contributed by atoms with E-state index in [1.807, 2.05) is 45.0 Å². The van der Waals surface area contributed by atoms with Gasteiger partial charge >= 0.3 is 0 Å². The highest BCUT2D eigenvalue weighted by Crippen LogP contribution is 2.18. The largest absolute Gasteiger partial charge is 0.320 e. The molecule has 0 radical (unpaired) electrons. The van der Waals surface area contributed by atoms with Crippen LogP contribution in [0.5, 0.6) is 0 Å². The Morgan fingerprint density at radius 1 is 1.16 bits per heavy atom. The zero-order valence-corrected chi connectivity index (χ0v) is 13.3. The Labute approximate surface area is 126 Å². The number of carbonyl (C=O) groups is 1. The summed E-state index contributed by atoms with van der Waals surface area (Å²) in [6.07, 6.45) is 0. The van der Waals surface area contributed by atoms with Gasteiger partial charge in [0.25, 0.3) is 5.91 Å². The zero-order valence-electron chi connectivity index (χ0n) is 11.1. The molecule has 0 bridgehead atoms. The van der Waals surface area contributed by atoms with Gasteiger partial charge in [0.05, 0.1) is 0 Å². The van der Waals surface area contributed by atoms with Gasteiger partial charge < -0.3 is 5.32 Å². The molecule has 1 heterocycles. The van der Waals surface area contributed by atoms with Crippen molar-refractivity contribution in [2.24, 2.45) is 0 Å². The van der Waals surface area contributed by atoms with Gasteiger partial charge in [0.15, 0.2) is 0 Å². The molecule has 2 aromatic rings. The number of nitrogens with one attached hydrogen (secondary N) is 1. The van der Waals surface area contributed by atoms with E-state index in [9.17, 15) is 4.79 Å². The summed E-state index contributed by atoms with van der Waals surface area (Å²) >= 11 is 2.25. The van der Waals surface area contributed by atoms with Gasteiger partial charge in [-0.15, -0.1) is 0 Å². The van der Waals surface area contributed by atoms with Crippen molar-refractivity contribution in [3.8, 4) is 0 Å².